The summed E-state index contributed by atoms with van der Waals surface area (Å²) in [4.78, 5) is 17.0. The van der Waals surface area contributed by atoms with Crippen LogP contribution in [-0.4, -0.2) is 29.3 Å². The zero-order valence-corrected chi connectivity index (χ0v) is 8.32. The summed E-state index contributed by atoms with van der Waals surface area (Å²) in [5, 5.41) is 0. The minimum atomic E-state index is -0.222. The number of H-pyrrole nitrogens is 1. The summed E-state index contributed by atoms with van der Waals surface area (Å²) in [6.45, 7) is 4.79. The molecule has 0 aliphatic heterocycles. The predicted molar refractivity (Wildman–Crippen MR) is 51.4 cm³/mol. The predicted octanol–water partition coefficient (Wildman–Crippen LogP) is 0.574. The second-order valence-corrected chi connectivity index (χ2v) is 3.02. The van der Waals surface area contributed by atoms with Gasteiger partial charge in [-0.2, -0.15) is 0 Å². The van der Waals surface area contributed by atoms with E-state index in [2.05, 4.69) is 9.97 Å². The number of nitrogens with one attached hydrogen (secondary N) is 1. The fraction of sp³-hybridized carbons (Fsp3) is 0.556. The lowest BCUT2D eigenvalue weighted by molar-refractivity contribution is 0.0542. The average Bonchev–Trinajstić information content (AvgIpc) is 2.12. The fourth-order valence-electron chi connectivity index (χ4n) is 0.860. The van der Waals surface area contributed by atoms with Gasteiger partial charge in [0.05, 0.1) is 25.1 Å². The Bertz CT molecular complexity index is 322. The summed E-state index contributed by atoms with van der Waals surface area (Å²) < 4.78 is 10.4. The van der Waals surface area contributed by atoms with Gasteiger partial charge in [0.2, 0.25) is 5.88 Å². The highest BCUT2D eigenvalue weighted by Crippen LogP contribution is 1.98. The smallest absolute Gasteiger partial charge is 0.254 e. The van der Waals surface area contributed by atoms with E-state index >= 15 is 0 Å². The molecule has 0 saturated heterocycles. The Morgan fingerprint density at radius 1 is 1.50 bits per heavy atom. The monoisotopic (exact) mass is 198 g/mol. The van der Waals surface area contributed by atoms with E-state index in [1.807, 2.05) is 13.8 Å². The quantitative estimate of drug-likeness (QED) is 0.703. The summed E-state index contributed by atoms with van der Waals surface area (Å²) >= 11 is 0. The van der Waals surface area contributed by atoms with Crippen LogP contribution in [0.3, 0.4) is 0 Å². The second kappa shape index (κ2) is 5.39. The number of hydrogen-bond acceptors (Lipinski definition) is 4. The molecule has 0 aliphatic carbocycles. The number of aromatic amines is 1. The SMILES string of the molecule is CC(C)OCCOc1cc(=O)[nH]cn1. The van der Waals surface area contributed by atoms with Crippen LogP contribution in [0, 0.1) is 0 Å². The summed E-state index contributed by atoms with van der Waals surface area (Å²) in [7, 11) is 0. The third-order valence-electron chi connectivity index (χ3n) is 1.44. The Balaban J connectivity index is 2.28. The summed E-state index contributed by atoms with van der Waals surface area (Å²) in [6.07, 6.45) is 1.49. The van der Waals surface area contributed by atoms with Crippen LogP contribution in [0.2, 0.25) is 0 Å². The van der Waals surface area contributed by atoms with Crippen molar-refractivity contribution in [3.63, 3.8) is 0 Å². The molecule has 5 heteroatoms. The van der Waals surface area contributed by atoms with Crippen molar-refractivity contribution in [3.8, 4) is 5.88 Å². The van der Waals surface area contributed by atoms with Crippen LogP contribution >= 0.6 is 0 Å². The molecule has 5 nitrogen and oxygen atoms in total. The van der Waals surface area contributed by atoms with Crippen LogP contribution in [0.1, 0.15) is 13.8 Å². The van der Waals surface area contributed by atoms with Crippen LogP contribution in [0.15, 0.2) is 17.2 Å². The molecule has 0 spiro atoms. The second-order valence-electron chi connectivity index (χ2n) is 3.02. The zero-order valence-electron chi connectivity index (χ0n) is 8.32. The van der Waals surface area contributed by atoms with E-state index in [1.165, 1.54) is 12.4 Å². The van der Waals surface area contributed by atoms with Crippen LogP contribution in [0.25, 0.3) is 0 Å². The first-order valence-corrected chi connectivity index (χ1v) is 4.47. The van der Waals surface area contributed by atoms with Crippen molar-refractivity contribution in [1.29, 1.82) is 0 Å². The molecule has 0 atom stereocenters. The van der Waals surface area contributed by atoms with Crippen molar-refractivity contribution in [2.45, 2.75) is 20.0 Å². The van der Waals surface area contributed by atoms with Gasteiger partial charge in [-0.05, 0) is 13.8 Å². The molecule has 1 rings (SSSR count). The standard InChI is InChI=1S/C9H14N2O3/c1-7(2)13-3-4-14-9-5-8(12)10-6-11-9/h5-7H,3-4H2,1-2H3,(H,10,11,12). The lowest BCUT2D eigenvalue weighted by atomic mass is 10.5. The van der Waals surface area contributed by atoms with Crippen LogP contribution < -0.4 is 10.3 Å². The molecule has 0 saturated carbocycles. The molecule has 14 heavy (non-hydrogen) atoms. The van der Waals surface area contributed by atoms with E-state index in [-0.39, 0.29) is 11.7 Å². The van der Waals surface area contributed by atoms with Crippen molar-refractivity contribution >= 4 is 0 Å². The molecule has 0 radical (unpaired) electrons. The lowest BCUT2D eigenvalue weighted by Crippen LogP contribution is -2.13. The number of nitrogens with zero attached hydrogens (tertiary/aromatic N) is 1. The van der Waals surface area contributed by atoms with Gasteiger partial charge >= 0.3 is 0 Å². The Labute approximate surface area is 82.1 Å². The Kier molecular flexibility index (Phi) is 4.12. The topological polar surface area (TPSA) is 64.2 Å². The van der Waals surface area contributed by atoms with E-state index in [9.17, 15) is 4.79 Å². The molecule has 0 fully saturated rings. The summed E-state index contributed by atoms with van der Waals surface area (Å²) in [6, 6.07) is 1.30. The van der Waals surface area contributed by atoms with Gasteiger partial charge in [0.25, 0.3) is 5.56 Å². The third-order valence-corrected chi connectivity index (χ3v) is 1.44. The van der Waals surface area contributed by atoms with Gasteiger partial charge in [-0.3, -0.25) is 4.79 Å². The zero-order chi connectivity index (χ0) is 10.4. The molecule has 1 N–H and O–H groups in total. The summed E-state index contributed by atoms with van der Waals surface area (Å²) in [5.74, 6) is 0.320. The minimum absolute atomic E-state index is 0.186. The largest absolute Gasteiger partial charge is 0.475 e. The third kappa shape index (κ3) is 4.04. The van der Waals surface area contributed by atoms with E-state index in [0.717, 1.165) is 0 Å². The lowest BCUT2D eigenvalue weighted by Gasteiger charge is -2.07. The Hall–Kier alpha value is -1.36. The minimum Gasteiger partial charge on any atom is -0.475 e. The van der Waals surface area contributed by atoms with Gasteiger partial charge in [0, 0.05) is 0 Å². The fourth-order valence-corrected chi connectivity index (χ4v) is 0.860. The van der Waals surface area contributed by atoms with Gasteiger partial charge in [0.15, 0.2) is 0 Å². The molecule has 1 aromatic rings. The Morgan fingerprint density at radius 3 is 2.93 bits per heavy atom. The maximum absolute atomic E-state index is 10.8. The van der Waals surface area contributed by atoms with Crippen molar-refractivity contribution in [3.05, 3.63) is 22.7 Å². The van der Waals surface area contributed by atoms with Gasteiger partial charge < -0.3 is 14.5 Å². The average molecular weight is 198 g/mol. The number of rotatable bonds is 5. The summed E-state index contributed by atoms with van der Waals surface area (Å²) in [5.41, 5.74) is -0.222. The molecule has 0 aliphatic rings. The molecule has 0 aromatic carbocycles. The van der Waals surface area contributed by atoms with Crippen molar-refractivity contribution in [2.24, 2.45) is 0 Å². The number of hydrogen-bond donors (Lipinski definition) is 1. The van der Waals surface area contributed by atoms with Crippen molar-refractivity contribution in [1.82, 2.24) is 9.97 Å². The highest BCUT2D eigenvalue weighted by molar-refractivity contribution is 5.04. The van der Waals surface area contributed by atoms with Gasteiger partial charge in [-0.15, -0.1) is 0 Å². The molecule has 1 heterocycles. The number of aromatic nitrogens is 2. The first kappa shape index (κ1) is 10.7. The molecule has 0 bridgehead atoms. The first-order valence-electron chi connectivity index (χ1n) is 4.47. The van der Waals surface area contributed by atoms with E-state index in [1.54, 1.807) is 0 Å². The van der Waals surface area contributed by atoms with Gasteiger partial charge in [-0.1, -0.05) is 0 Å². The molecule has 0 unspecified atom stereocenters. The van der Waals surface area contributed by atoms with Crippen molar-refractivity contribution in [2.75, 3.05) is 13.2 Å². The molecule has 0 amide bonds. The van der Waals surface area contributed by atoms with Gasteiger partial charge in [0.1, 0.15) is 6.61 Å². The van der Waals surface area contributed by atoms with Crippen LogP contribution in [0.5, 0.6) is 5.88 Å². The molecular formula is C9H14N2O3. The Morgan fingerprint density at radius 2 is 2.29 bits per heavy atom. The van der Waals surface area contributed by atoms with Crippen LogP contribution in [0.4, 0.5) is 0 Å². The van der Waals surface area contributed by atoms with Crippen molar-refractivity contribution < 1.29 is 9.47 Å². The first-order chi connectivity index (χ1) is 6.68. The maximum atomic E-state index is 10.8. The molecule has 1 aromatic heterocycles. The normalized spacial score (nSPS) is 10.5. The van der Waals surface area contributed by atoms with Crippen LogP contribution in [-0.2, 0) is 4.74 Å². The van der Waals surface area contributed by atoms with E-state index in [0.29, 0.717) is 19.1 Å². The molecule has 78 valence electrons. The van der Waals surface area contributed by atoms with E-state index < -0.39 is 0 Å². The van der Waals surface area contributed by atoms with Gasteiger partial charge in [-0.25, -0.2) is 4.98 Å². The highest BCUT2D eigenvalue weighted by Gasteiger charge is 1.96. The maximum Gasteiger partial charge on any atom is 0.254 e. The highest BCUT2D eigenvalue weighted by atomic mass is 16.5. The molecular weight excluding hydrogens is 184 g/mol. The number of ether oxygens (including phenoxy) is 2. The van der Waals surface area contributed by atoms with E-state index in [4.69, 9.17) is 9.47 Å².